The van der Waals surface area contributed by atoms with Crippen molar-refractivity contribution in [3.05, 3.63) is 53.7 Å². The minimum atomic E-state index is -0.172. The van der Waals surface area contributed by atoms with Gasteiger partial charge in [-0.25, -0.2) is 4.98 Å². The lowest BCUT2D eigenvalue weighted by Crippen LogP contribution is -2.36. The summed E-state index contributed by atoms with van der Waals surface area (Å²) in [7, 11) is 1.60. The molecule has 0 radical (unpaired) electrons. The Balaban J connectivity index is 1.52. The normalized spacial score (nSPS) is 14.2. The van der Waals surface area contributed by atoms with Crippen molar-refractivity contribution in [1.29, 1.82) is 0 Å². The summed E-state index contributed by atoms with van der Waals surface area (Å²) in [5.74, 6) is 2.08. The van der Waals surface area contributed by atoms with Crippen LogP contribution in [0.4, 0.5) is 5.82 Å². The molecule has 1 aliphatic rings. The first kappa shape index (κ1) is 21.6. The van der Waals surface area contributed by atoms with E-state index < -0.39 is 0 Å². The van der Waals surface area contributed by atoms with Gasteiger partial charge < -0.3 is 24.4 Å². The average Bonchev–Trinajstić information content (AvgIpc) is 2.77. The molecule has 1 fully saturated rings. The van der Waals surface area contributed by atoms with E-state index in [1.54, 1.807) is 19.4 Å². The van der Waals surface area contributed by atoms with E-state index in [9.17, 15) is 4.79 Å². The Morgan fingerprint density at radius 1 is 1.23 bits per heavy atom. The first-order chi connectivity index (χ1) is 14.5. The Morgan fingerprint density at radius 2 is 2.03 bits per heavy atom. The fraction of sp³-hybridized carbons (Fsp3) is 0.391. The summed E-state index contributed by atoms with van der Waals surface area (Å²) in [6.07, 6.45) is 5.11. The van der Waals surface area contributed by atoms with Gasteiger partial charge in [0.05, 0.1) is 26.4 Å². The Morgan fingerprint density at radius 3 is 2.70 bits per heavy atom. The Labute approximate surface area is 177 Å². The van der Waals surface area contributed by atoms with E-state index in [-0.39, 0.29) is 12.0 Å². The number of carbonyl (C=O) groups is 1. The van der Waals surface area contributed by atoms with Gasteiger partial charge in [-0.05, 0) is 49.2 Å². The second kappa shape index (κ2) is 10.6. The van der Waals surface area contributed by atoms with Crippen LogP contribution in [-0.4, -0.2) is 50.4 Å². The summed E-state index contributed by atoms with van der Waals surface area (Å²) in [5, 5.41) is 2.88. The first-order valence-corrected chi connectivity index (χ1v) is 10.1. The van der Waals surface area contributed by atoms with Crippen molar-refractivity contribution >= 4 is 17.8 Å². The highest BCUT2D eigenvalue weighted by Gasteiger charge is 2.12. The maximum atomic E-state index is 12.2. The highest BCUT2D eigenvalue weighted by Crippen LogP contribution is 2.29. The number of amides is 1. The third kappa shape index (κ3) is 6.22. The lowest BCUT2D eigenvalue weighted by atomic mass is 10.2. The van der Waals surface area contributed by atoms with Gasteiger partial charge in [0, 0.05) is 31.9 Å². The van der Waals surface area contributed by atoms with Crippen LogP contribution in [0.15, 0.2) is 42.6 Å². The number of anilines is 1. The van der Waals surface area contributed by atoms with Crippen LogP contribution in [0.2, 0.25) is 0 Å². The number of hydrogen-bond acceptors (Lipinski definition) is 6. The van der Waals surface area contributed by atoms with Gasteiger partial charge in [0.2, 0.25) is 5.91 Å². The molecule has 0 bridgehead atoms. The van der Waals surface area contributed by atoms with Crippen LogP contribution >= 0.6 is 0 Å². The van der Waals surface area contributed by atoms with E-state index in [4.69, 9.17) is 14.2 Å². The monoisotopic (exact) mass is 411 g/mol. The molecule has 2 heterocycles. The number of morpholine rings is 1. The van der Waals surface area contributed by atoms with E-state index in [0.717, 1.165) is 43.2 Å². The van der Waals surface area contributed by atoms with Gasteiger partial charge in [-0.3, -0.25) is 4.79 Å². The highest BCUT2D eigenvalue weighted by molar-refractivity contribution is 5.91. The molecule has 0 aliphatic carbocycles. The number of carbonyl (C=O) groups excluding carboxylic acids is 1. The topological polar surface area (TPSA) is 72.9 Å². The van der Waals surface area contributed by atoms with Crippen molar-refractivity contribution in [3.63, 3.8) is 0 Å². The number of ether oxygens (including phenoxy) is 3. The molecule has 1 aromatic heterocycles. The number of methoxy groups -OCH3 is 1. The van der Waals surface area contributed by atoms with Gasteiger partial charge in [0.25, 0.3) is 0 Å². The van der Waals surface area contributed by atoms with Crippen molar-refractivity contribution in [2.75, 3.05) is 38.3 Å². The molecule has 7 heteroatoms. The molecular weight excluding hydrogens is 382 g/mol. The quantitative estimate of drug-likeness (QED) is 0.673. The molecule has 1 saturated heterocycles. The number of nitrogens with one attached hydrogen (secondary N) is 1. The molecule has 1 aromatic carbocycles. The lowest BCUT2D eigenvalue weighted by Gasteiger charge is -2.27. The summed E-state index contributed by atoms with van der Waals surface area (Å²) in [4.78, 5) is 18.9. The van der Waals surface area contributed by atoms with Crippen molar-refractivity contribution < 1.29 is 19.0 Å². The fourth-order valence-electron chi connectivity index (χ4n) is 3.06. The molecule has 0 saturated carbocycles. The van der Waals surface area contributed by atoms with E-state index in [1.807, 2.05) is 44.2 Å². The zero-order valence-corrected chi connectivity index (χ0v) is 17.8. The predicted octanol–water partition coefficient (Wildman–Crippen LogP) is 3.04. The summed E-state index contributed by atoms with van der Waals surface area (Å²) in [6.45, 7) is 7.50. The number of benzene rings is 1. The number of hydrogen-bond donors (Lipinski definition) is 1. The van der Waals surface area contributed by atoms with Gasteiger partial charge in [-0.2, -0.15) is 0 Å². The largest absolute Gasteiger partial charge is 0.493 e. The molecule has 0 spiro atoms. The smallest absolute Gasteiger partial charge is 0.244 e. The summed E-state index contributed by atoms with van der Waals surface area (Å²) in [5.41, 5.74) is 1.81. The Kier molecular flexibility index (Phi) is 7.68. The second-order valence-electron chi connectivity index (χ2n) is 7.25. The molecule has 0 atom stereocenters. The molecule has 1 amide bonds. The van der Waals surface area contributed by atoms with Gasteiger partial charge in [-0.15, -0.1) is 0 Å². The van der Waals surface area contributed by atoms with Crippen LogP contribution in [0.5, 0.6) is 11.5 Å². The van der Waals surface area contributed by atoms with Gasteiger partial charge in [0.1, 0.15) is 5.82 Å². The number of aromatic nitrogens is 1. The fourth-order valence-corrected chi connectivity index (χ4v) is 3.06. The van der Waals surface area contributed by atoms with E-state index in [1.165, 1.54) is 6.08 Å². The van der Waals surface area contributed by atoms with Crippen LogP contribution in [0.25, 0.3) is 6.08 Å². The van der Waals surface area contributed by atoms with Crippen LogP contribution < -0.4 is 19.7 Å². The molecule has 160 valence electrons. The average molecular weight is 412 g/mol. The zero-order chi connectivity index (χ0) is 21.3. The first-order valence-electron chi connectivity index (χ1n) is 10.1. The zero-order valence-electron chi connectivity index (χ0n) is 17.8. The lowest BCUT2D eigenvalue weighted by molar-refractivity contribution is -0.116. The molecule has 7 nitrogen and oxygen atoms in total. The minimum absolute atomic E-state index is 0.0588. The van der Waals surface area contributed by atoms with Crippen LogP contribution in [0.3, 0.4) is 0 Å². The molecule has 30 heavy (non-hydrogen) atoms. The summed E-state index contributed by atoms with van der Waals surface area (Å²) < 4.78 is 16.4. The van der Waals surface area contributed by atoms with Crippen molar-refractivity contribution in [1.82, 2.24) is 10.3 Å². The molecule has 2 aromatic rings. The van der Waals surface area contributed by atoms with Gasteiger partial charge in [-0.1, -0.05) is 12.1 Å². The third-order valence-electron chi connectivity index (χ3n) is 4.59. The number of nitrogens with zero attached hydrogens (tertiary/aromatic N) is 2. The maximum Gasteiger partial charge on any atom is 0.244 e. The van der Waals surface area contributed by atoms with Crippen molar-refractivity contribution in [3.8, 4) is 11.5 Å². The Hall–Kier alpha value is -3.06. The standard InChI is InChI=1S/C23H29N3O4/c1-17(2)30-20-7-4-18(14-21(20)28-3)6-9-23(27)25-16-19-5-8-22(24-15-19)26-10-12-29-13-11-26/h4-9,14-15,17H,10-13,16H2,1-3H3,(H,25,27)/b9-6+. The van der Waals surface area contributed by atoms with Crippen LogP contribution in [0, 0.1) is 0 Å². The van der Waals surface area contributed by atoms with E-state index in [2.05, 4.69) is 15.2 Å². The highest BCUT2D eigenvalue weighted by atomic mass is 16.5. The maximum absolute atomic E-state index is 12.2. The summed E-state index contributed by atoms with van der Waals surface area (Å²) >= 11 is 0. The van der Waals surface area contributed by atoms with E-state index in [0.29, 0.717) is 18.0 Å². The van der Waals surface area contributed by atoms with Crippen LogP contribution in [-0.2, 0) is 16.1 Å². The SMILES string of the molecule is COc1cc(/C=C/C(=O)NCc2ccc(N3CCOCC3)nc2)ccc1OC(C)C. The second-order valence-corrected chi connectivity index (χ2v) is 7.25. The summed E-state index contributed by atoms with van der Waals surface area (Å²) in [6, 6.07) is 9.54. The molecular formula is C23H29N3O4. The molecule has 3 rings (SSSR count). The van der Waals surface area contributed by atoms with Crippen molar-refractivity contribution in [2.45, 2.75) is 26.5 Å². The van der Waals surface area contributed by atoms with Crippen LogP contribution in [0.1, 0.15) is 25.0 Å². The molecule has 1 N–H and O–H groups in total. The predicted molar refractivity (Wildman–Crippen MR) is 117 cm³/mol. The minimum Gasteiger partial charge on any atom is -0.493 e. The third-order valence-corrected chi connectivity index (χ3v) is 4.59. The van der Waals surface area contributed by atoms with Gasteiger partial charge >= 0.3 is 0 Å². The molecule has 0 unspecified atom stereocenters. The molecule has 1 aliphatic heterocycles. The van der Waals surface area contributed by atoms with Crippen molar-refractivity contribution in [2.24, 2.45) is 0 Å². The van der Waals surface area contributed by atoms with E-state index >= 15 is 0 Å². The Bertz CT molecular complexity index is 859. The number of rotatable bonds is 8. The number of pyridine rings is 1. The van der Waals surface area contributed by atoms with Gasteiger partial charge in [0.15, 0.2) is 11.5 Å².